The second kappa shape index (κ2) is 16.5. The van der Waals surface area contributed by atoms with Crippen LogP contribution in [-0.2, 0) is 6.42 Å². The van der Waals surface area contributed by atoms with E-state index in [9.17, 15) is 31.5 Å². The van der Waals surface area contributed by atoms with Crippen molar-refractivity contribution >= 4 is 11.6 Å². The van der Waals surface area contributed by atoms with Crippen LogP contribution in [0, 0.1) is 5.92 Å². The van der Waals surface area contributed by atoms with Gasteiger partial charge in [-0.15, -0.1) is 0 Å². The number of benzene rings is 2. The second-order valence-electron chi connectivity index (χ2n) is 11.0. The third-order valence-corrected chi connectivity index (χ3v) is 7.72. The van der Waals surface area contributed by atoms with Crippen molar-refractivity contribution in [2.45, 2.75) is 103 Å². The van der Waals surface area contributed by atoms with Crippen molar-refractivity contribution in [1.82, 2.24) is 0 Å². The highest BCUT2D eigenvalue weighted by Crippen LogP contribution is 2.37. The van der Waals surface area contributed by atoms with Gasteiger partial charge >= 0.3 is 12.1 Å². The molecule has 232 valence electrons. The van der Waals surface area contributed by atoms with Gasteiger partial charge in [0.25, 0.3) is 0 Å². The van der Waals surface area contributed by atoms with Crippen LogP contribution in [0.1, 0.15) is 118 Å². The zero-order valence-corrected chi connectivity index (χ0v) is 24.9. The Bertz CT molecular complexity index is 1190. The molecule has 0 saturated heterocycles. The van der Waals surface area contributed by atoms with Gasteiger partial charge in [0, 0.05) is 24.9 Å². The maximum atomic E-state index is 12.4. The number of ketones is 2. The minimum Gasteiger partial charge on any atom is -0.294 e. The van der Waals surface area contributed by atoms with Crippen LogP contribution in [0.2, 0.25) is 0 Å². The highest BCUT2D eigenvalue weighted by molar-refractivity contribution is 6.09. The number of hydrogen-bond donors (Lipinski definition) is 0. The van der Waals surface area contributed by atoms with E-state index in [2.05, 4.69) is 56.0 Å². The molecule has 0 N–H and O–H groups in total. The highest BCUT2D eigenvalue weighted by atomic mass is 19.4. The number of hydrogen-bond acceptors (Lipinski definition) is 2. The summed E-state index contributed by atoms with van der Waals surface area (Å²) >= 11 is 0. The van der Waals surface area contributed by atoms with Crippen LogP contribution < -0.4 is 0 Å². The molecule has 1 unspecified atom stereocenters. The Balaban J connectivity index is 0.000000347. The van der Waals surface area contributed by atoms with Gasteiger partial charge in [0.1, 0.15) is 0 Å². The first-order valence-corrected chi connectivity index (χ1v) is 14.8. The summed E-state index contributed by atoms with van der Waals surface area (Å²) in [4.78, 5) is 24.4. The van der Waals surface area contributed by atoms with Crippen LogP contribution in [0.4, 0.5) is 22.0 Å². The second-order valence-corrected chi connectivity index (χ2v) is 11.0. The Labute approximate surface area is 248 Å². The van der Waals surface area contributed by atoms with E-state index in [-0.39, 0.29) is 18.9 Å². The topological polar surface area (TPSA) is 34.1 Å². The van der Waals surface area contributed by atoms with Crippen molar-refractivity contribution in [3.05, 3.63) is 95.1 Å². The predicted molar refractivity (Wildman–Crippen MR) is 161 cm³/mol. The molecule has 42 heavy (non-hydrogen) atoms. The average Bonchev–Trinajstić information content (AvgIpc) is 3.27. The lowest BCUT2D eigenvalue weighted by Crippen LogP contribution is -2.35. The van der Waals surface area contributed by atoms with Crippen LogP contribution in [0.3, 0.4) is 0 Å². The molecule has 2 aliphatic rings. The van der Waals surface area contributed by atoms with Gasteiger partial charge in [0.2, 0.25) is 0 Å². The first kappa shape index (κ1) is 35.1. The molecule has 0 fully saturated rings. The van der Waals surface area contributed by atoms with Crippen molar-refractivity contribution in [3.8, 4) is 0 Å². The van der Waals surface area contributed by atoms with Crippen LogP contribution in [0.5, 0.6) is 0 Å². The van der Waals surface area contributed by atoms with E-state index in [0.29, 0.717) is 11.1 Å². The lowest BCUT2D eigenvalue weighted by Gasteiger charge is -2.23. The van der Waals surface area contributed by atoms with Gasteiger partial charge in [0.15, 0.2) is 11.6 Å². The van der Waals surface area contributed by atoms with Crippen LogP contribution in [0.25, 0.3) is 0 Å². The first-order valence-electron chi connectivity index (χ1n) is 14.8. The van der Waals surface area contributed by atoms with Crippen molar-refractivity contribution in [2.24, 2.45) is 5.92 Å². The van der Waals surface area contributed by atoms with E-state index >= 15 is 0 Å². The molecule has 0 aromatic heterocycles. The third kappa shape index (κ3) is 10.3. The molecule has 0 aliphatic heterocycles. The molecule has 2 nitrogen and oxygen atoms in total. The number of unbranched alkanes of at least 4 members (excludes halogenated alkanes) is 1. The van der Waals surface area contributed by atoms with E-state index in [1.165, 1.54) is 31.2 Å². The molecular formula is C35H45F5O2. The Hall–Kier alpha value is -3.09. The van der Waals surface area contributed by atoms with E-state index in [0.717, 1.165) is 56.1 Å². The molecule has 1 atom stereocenters. The molecule has 0 radical (unpaired) electrons. The minimum atomic E-state index is -5.39. The van der Waals surface area contributed by atoms with Gasteiger partial charge in [0.05, 0.1) is 0 Å². The average molecular weight is 593 g/mol. The maximum absolute atomic E-state index is 12.4. The summed E-state index contributed by atoms with van der Waals surface area (Å²) in [7, 11) is 0. The number of aryl methyl sites for hydroxylation is 1. The molecule has 0 bridgehead atoms. The zero-order valence-electron chi connectivity index (χ0n) is 24.9. The van der Waals surface area contributed by atoms with Crippen LogP contribution >= 0.6 is 0 Å². The fourth-order valence-electron chi connectivity index (χ4n) is 5.07. The highest BCUT2D eigenvalue weighted by Gasteiger charge is 2.55. The molecule has 7 heteroatoms. The molecule has 2 aliphatic carbocycles. The van der Waals surface area contributed by atoms with Gasteiger partial charge in [-0.3, -0.25) is 9.59 Å². The number of halogens is 5. The zero-order chi connectivity index (χ0) is 31.3. The number of alkyl halides is 5. The Morgan fingerprint density at radius 3 is 2.07 bits per heavy atom. The van der Waals surface area contributed by atoms with Crippen molar-refractivity contribution in [1.29, 1.82) is 0 Å². The van der Waals surface area contributed by atoms with Crippen molar-refractivity contribution in [3.63, 3.8) is 0 Å². The lowest BCUT2D eigenvalue weighted by atomic mass is 9.79. The Kier molecular flexibility index (Phi) is 13.8. The molecular weight excluding hydrogens is 547 g/mol. The number of fused-ring (bicyclic) bond motifs is 1. The fourth-order valence-corrected chi connectivity index (χ4v) is 5.07. The Morgan fingerprint density at radius 2 is 1.57 bits per heavy atom. The van der Waals surface area contributed by atoms with E-state index in [1.54, 1.807) is 13.0 Å². The summed E-state index contributed by atoms with van der Waals surface area (Å²) in [6.45, 7) is 8.34. The summed E-state index contributed by atoms with van der Waals surface area (Å²) in [6.07, 6.45) is 8.23. The summed E-state index contributed by atoms with van der Waals surface area (Å²) in [5, 5.41) is 0. The SMILES string of the molecule is C1=CCCC(c2ccccc2)CC1.C=C(C)C(=O)c1ccc2c(c1)CCC(CCCC)C2=O.CCC(F)(F)C(F)(F)F.[HH]. The van der Waals surface area contributed by atoms with Crippen molar-refractivity contribution < 1.29 is 33.0 Å². The summed E-state index contributed by atoms with van der Waals surface area (Å²) in [6, 6.07) is 16.4. The van der Waals surface area contributed by atoms with Gasteiger partial charge in [-0.05, 0) is 80.6 Å². The quantitative estimate of drug-likeness (QED) is 0.139. The van der Waals surface area contributed by atoms with Crippen molar-refractivity contribution in [2.75, 3.05) is 0 Å². The largest absolute Gasteiger partial charge is 0.453 e. The standard InChI is InChI=1S/C18H22O2.C13H16.C4H5F5.H2/c1-4-5-6-13-7-8-14-11-15(17(19)12(2)3)9-10-16(14)18(13)20;1-2-5-9-12(8-4-1)13-10-6-3-7-11-13;1-2-3(5,6)4(7,8)9;/h9-11,13H,2,4-8H2,1,3H3;1-3,6-7,10-12H,4-5,8-9H2;2H2,1H3;1H. The molecule has 4 rings (SSSR count). The molecule has 2 aromatic rings. The summed E-state index contributed by atoms with van der Waals surface area (Å²) in [5.74, 6) is -3.34. The minimum absolute atomic E-state index is 0. The van der Waals surface area contributed by atoms with Crippen LogP contribution in [-0.4, -0.2) is 23.7 Å². The van der Waals surface area contributed by atoms with Crippen LogP contribution in [0.15, 0.2) is 72.8 Å². The van der Waals surface area contributed by atoms with E-state index in [1.807, 2.05) is 12.1 Å². The first-order chi connectivity index (χ1) is 19.8. The lowest BCUT2D eigenvalue weighted by molar-refractivity contribution is -0.282. The molecule has 0 amide bonds. The number of allylic oxidation sites excluding steroid dienone is 3. The van der Waals surface area contributed by atoms with Gasteiger partial charge < -0.3 is 0 Å². The Morgan fingerprint density at radius 1 is 0.952 bits per heavy atom. The smallest absolute Gasteiger partial charge is 0.294 e. The normalized spacial score (nSPS) is 17.1. The number of carbonyl (C=O) groups is 2. The van der Waals surface area contributed by atoms with Gasteiger partial charge in [-0.1, -0.05) is 87.9 Å². The molecule has 0 heterocycles. The predicted octanol–water partition coefficient (Wildman–Crippen LogP) is 11.1. The molecule has 0 saturated carbocycles. The maximum Gasteiger partial charge on any atom is 0.453 e. The van der Waals surface area contributed by atoms with E-state index in [4.69, 9.17) is 0 Å². The van der Waals surface area contributed by atoms with Gasteiger partial charge in [-0.2, -0.15) is 22.0 Å². The number of rotatable bonds is 7. The summed E-state index contributed by atoms with van der Waals surface area (Å²) in [5.41, 5.74) is 4.54. The number of Topliss-reactive ketones (excluding diaryl/α,β-unsaturated/α-hetero) is 2. The fraction of sp³-hybridized carbons (Fsp3) is 0.486. The monoisotopic (exact) mass is 592 g/mol. The van der Waals surface area contributed by atoms with E-state index < -0.39 is 18.5 Å². The molecule has 2 aromatic carbocycles. The molecule has 0 spiro atoms. The third-order valence-electron chi connectivity index (χ3n) is 7.72. The summed E-state index contributed by atoms with van der Waals surface area (Å²) < 4.78 is 56.3. The van der Waals surface area contributed by atoms with Gasteiger partial charge in [-0.25, -0.2) is 0 Å². The number of carbonyl (C=O) groups excluding carboxylic acids is 2.